The van der Waals surface area contributed by atoms with Crippen LogP contribution < -0.4 is 0 Å². The molecule has 0 amide bonds. The van der Waals surface area contributed by atoms with Gasteiger partial charge in [0.1, 0.15) is 30.0 Å². The summed E-state index contributed by atoms with van der Waals surface area (Å²) in [7, 11) is 1.94. The van der Waals surface area contributed by atoms with Gasteiger partial charge in [-0.15, -0.1) is 0 Å². The van der Waals surface area contributed by atoms with Gasteiger partial charge in [-0.3, -0.25) is 9.69 Å². The van der Waals surface area contributed by atoms with E-state index in [4.69, 9.17) is 9.47 Å². The molecule has 0 bridgehead atoms. The van der Waals surface area contributed by atoms with Crippen molar-refractivity contribution in [3.05, 3.63) is 29.8 Å². The molecule has 0 spiro atoms. The SMILES string of the molecule is CN1[C@@H](C(=O)OC(C)(C)C)CC[C@@H]1[C@@H]1COC(c2ccccc2O)=N1. The smallest absolute Gasteiger partial charge is 0.323 e. The first-order valence-corrected chi connectivity index (χ1v) is 8.70. The van der Waals surface area contributed by atoms with Crippen LogP contribution in [0.15, 0.2) is 29.3 Å². The number of para-hydroxylation sites is 1. The van der Waals surface area contributed by atoms with E-state index in [0.29, 0.717) is 18.1 Å². The highest BCUT2D eigenvalue weighted by Gasteiger charge is 2.42. The number of carbonyl (C=O) groups is 1. The average Bonchev–Trinajstić information content (AvgIpc) is 3.12. The summed E-state index contributed by atoms with van der Waals surface area (Å²) < 4.78 is 11.2. The summed E-state index contributed by atoms with van der Waals surface area (Å²) in [5.74, 6) is 0.451. The minimum atomic E-state index is -0.483. The number of benzene rings is 1. The summed E-state index contributed by atoms with van der Waals surface area (Å²) >= 11 is 0. The first-order valence-electron chi connectivity index (χ1n) is 8.70. The molecule has 136 valence electrons. The van der Waals surface area contributed by atoms with Gasteiger partial charge >= 0.3 is 5.97 Å². The number of ether oxygens (including phenoxy) is 2. The first kappa shape index (κ1) is 17.7. The monoisotopic (exact) mass is 346 g/mol. The Morgan fingerprint density at radius 2 is 2.04 bits per heavy atom. The van der Waals surface area contributed by atoms with Crippen LogP contribution in [0.5, 0.6) is 5.75 Å². The van der Waals surface area contributed by atoms with E-state index in [0.717, 1.165) is 12.8 Å². The zero-order valence-electron chi connectivity index (χ0n) is 15.2. The van der Waals surface area contributed by atoms with Gasteiger partial charge in [-0.1, -0.05) is 12.1 Å². The molecule has 0 unspecified atom stereocenters. The predicted octanol–water partition coefficient (Wildman–Crippen LogP) is 2.34. The Bertz CT molecular complexity index is 680. The van der Waals surface area contributed by atoms with E-state index in [9.17, 15) is 9.90 Å². The van der Waals surface area contributed by atoms with Crippen molar-refractivity contribution in [1.82, 2.24) is 4.90 Å². The topological polar surface area (TPSA) is 71.4 Å². The molecular weight excluding hydrogens is 320 g/mol. The lowest BCUT2D eigenvalue weighted by Crippen LogP contribution is -2.45. The Kier molecular flexibility index (Phi) is 4.73. The number of aromatic hydroxyl groups is 1. The summed E-state index contributed by atoms with van der Waals surface area (Å²) in [6.07, 6.45) is 1.63. The van der Waals surface area contributed by atoms with Crippen molar-refractivity contribution in [2.75, 3.05) is 13.7 Å². The van der Waals surface area contributed by atoms with E-state index in [1.165, 1.54) is 0 Å². The number of likely N-dealkylation sites (tertiary alicyclic amines) is 1. The van der Waals surface area contributed by atoms with Crippen molar-refractivity contribution in [2.45, 2.75) is 57.3 Å². The molecule has 1 N–H and O–H groups in total. The van der Waals surface area contributed by atoms with Crippen LogP contribution in [-0.2, 0) is 14.3 Å². The molecule has 1 aromatic rings. The number of aliphatic imine (C=N–C) groups is 1. The van der Waals surface area contributed by atoms with Gasteiger partial charge in [0.15, 0.2) is 0 Å². The normalized spacial score (nSPS) is 27.0. The third-order valence-corrected chi connectivity index (χ3v) is 4.68. The predicted molar refractivity (Wildman–Crippen MR) is 94.8 cm³/mol. The van der Waals surface area contributed by atoms with Crippen molar-refractivity contribution in [1.29, 1.82) is 0 Å². The molecule has 6 heteroatoms. The molecule has 1 aromatic carbocycles. The van der Waals surface area contributed by atoms with E-state index in [1.807, 2.05) is 33.9 Å². The number of hydrogen-bond donors (Lipinski definition) is 1. The number of esters is 1. The average molecular weight is 346 g/mol. The van der Waals surface area contributed by atoms with Crippen molar-refractivity contribution in [3.8, 4) is 5.75 Å². The third-order valence-electron chi connectivity index (χ3n) is 4.68. The Morgan fingerprint density at radius 3 is 2.72 bits per heavy atom. The minimum Gasteiger partial charge on any atom is -0.507 e. The van der Waals surface area contributed by atoms with Crippen molar-refractivity contribution >= 4 is 11.9 Å². The van der Waals surface area contributed by atoms with Gasteiger partial charge in [-0.2, -0.15) is 0 Å². The molecule has 6 nitrogen and oxygen atoms in total. The third kappa shape index (κ3) is 3.79. The lowest BCUT2D eigenvalue weighted by atomic mass is 10.1. The molecule has 0 radical (unpaired) electrons. The van der Waals surface area contributed by atoms with Crippen LogP contribution in [0.25, 0.3) is 0 Å². The van der Waals surface area contributed by atoms with Crippen LogP contribution in [0, 0.1) is 0 Å². The summed E-state index contributed by atoms with van der Waals surface area (Å²) in [5, 5.41) is 9.97. The maximum atomic E-state index is 12.4. The minimum absolute atomic E-state index is 0.0490. The molecule has 25 heavy (non-hydrogen) atoms. The molecule has 3 rings (SSSR count). The van der Waals surface area contributed by atoms with Crippen LogP contribution in [0.4, 0.5) is 0 Å². The molecule has 0 saturated carbocycles. The van der Waals surface area contributed by atoms with Crippen LogP contribution in [0.1, 0.15) is 39.2 Å². The second kappa shape index (κ2) is 6.67. The zero-order valence-corrected chi connectivity index (χ0v) is 15.2. The number of rotatable bonds is 3. The van der Waals surface area contributed by atoms with Gasteiger partial charge in [0.2, 0.25) is 5.90 Å². The molecule has 2 heterocycles. The number of likely N-dealkylation sites (N-methyl/N-ethyl adjacent to an activating group) is 1. The van der Waals surface area contributed by atoms with Gasteiger partial charge in [-0.05, 0) is 52.8 Å². The highest BCUT2D eigenvalue weighted by Crippen LogP contribution is 2.31. The van der Waals surface area contributed by atoms with Crippen LogP contribution in [-0.4, -0.2) is 59.3 Å². The molecule has 2 aliphatic heterocycles. The van der Waals surface area contributed by atoms with Gasteiger partial charge in [-0.25, -0.2) is 4.99 Å². The number of carbonyl (C=O) groups excluding carboxylic acids is 1. The van der Waals surface area contributed by atoms with E-state index in [1.54, 1.807) is 18.2 Å². The summed E-state index contributed by atoms with van der Waals surface area (Å²) in [6.45, 7) is 6.10. The second-order valence-electron chi connectivity index (χ2n) is 7.69. The fourth-order valence-corrected chi connectivity index (χ4v) is 3.47. The summed E-state index contributed by atoms with van der Waals surface area (Å²) in [6, 6.07) is 6.85. The number of hydrogen-bond acceptors (Lipinski definition) is 6. The Morgan fingerprint density at radius 1 is 1.32 bits per heavy atom. The highest BCUT2D eigenvalue weighted by molar-refractivity contribution is 5.97. The quantitative estimate of drug-likeness (QED) is 0.851. The van der Waals surface area contributed by atoms with Gasteiger partial charge < -0.3 is 14.6 Å². The summed E-state index contributed by atoms with van der Waals surface area (Å²) in [4.78, 5) is 19.1. The van der Waals surface area contributed by atoms with Crippen molar-refractivity contribution in [2.24, 2.45) is 4.99 Å². The lowest BCUT2D eigenvalue weighted by Gasteiger charge is -2.29. The van der Waals surface area contributed by atoms with Gasteiger partial charge in [0.05, 0.1) is 5.56 Å². The Labute approximate surface area is 148 Å². The van der Waals surface area contributed by atoms with E-state index in [2.05, 4.69) is 9.89 Å². The van der Waals surface area contributed by atoms with Crippen molar-refractivity contribution < 1.29 is 19.4 Å². The standard InChI is InChI=1S/C19H26N2O4/c1-19(2,3)25-18(23)15-10-9-14(21(15)4)13-11-24-17(20-13)12-7-5-6-8-16(12)22/h5-8,13-15,22H,9-11H2,1-4H3/t13-,14+,15+/m0/s1. The fraction of sp³-hybridized carbons (Fsp3) is 0.579. The van der Waals surface area contributed by atoms with Gasteiger partial charge in [0, 0.05) is 6.04 Å². The Balaban J connectivity index is 1.70. The van der Waals surface area contributed by atoms with E-state index >= 15 is 0 Å². The Hall–Kier alpha value is -2.08. The molecule has 1 fully saturated rings. The number of nitrogens with zero attached hydrogens (tertiary/aromatic N) is 2. The van der Waals surface area contributed by atoms with E-state index in [-0.39, 0.29) is 29.8 Å². The molecular formula is C19H26N2O4. The summed E-state index contributed by atoms with van der Waals surface area (Å²) in [5.41, 5.74) is 0.122. The molecule has 0 aromatic heterocycles. The maximum absolute atomic E-state index is 12.4. The van der Waals surface area contributed by atoms with Crippen molar-refractivity contribution in [3.63, 3.8) is 0 Å². The number of phenolic OH excluding ortho intramolecular Hbond substituents is 1. The molecule has 2 aliphatic rings. The largest absolute Gasteiger partial charge is 0.507 e. The van der Waals surface area contributed by atoms with Crippen LogP contribution in [0.2, 0.25) is 0 Å². The highest BCUT2D eigenvalue weighted by atomic mass is 16.6. The van der Waals surface area contributed by atoms with Gasteiger partial charge in [0.25, 0.3) is 0 Å². The fourth-order valence-electron chi connectivity index (χ4n) is 3.47. The van der Waals surface area contributed by atoms with Crippen LogP contribution in [0.3, 0.4) is 0 Å². The van der Waals surface area contributed by atoms with E-state index < -0.39 is 5.60 Å². The van der Waals surface area contributed by atoms with Crippen LogP contribution >= 0.6 is 0 Å². The molecule has 0 aliphatic carbocycles. The number of phenols is 1. The molecule has 1 saturated heterocycles. The molecule has 3 atom stereocenters. The maximum Gasteiger partial charge on any atom is 0.323 e. The lowest BCUT2D eigenvalue weighted by molar-refractivity contribution is -0.160. The zero-order chi connectivity index (χ0) is 18.2. The second-order valence-corrected chi connectivity index (χ2v) is 7.69. The first-order chi connectivity index (χ1) is 11.8.